The van der Waals surface area contributed by atoms with E-state index in [9.17, 15) is 0 Å². The van der Waals surface area contributed by atoms with Crippen LogP contribution in [0.1, 0.15) is 27.7 Å². The third-order valence-electron chi connectivity index (χ3n) is 2.42. The van der Waals surface area contributed by atoms with Crippen LogP contribution in [-0.2, 0) is 4.74 Å². The van der Waals surface area contributed by atoms with Crippen molar-refractivity contribution in [1.82, 2.24) is 0 Å². The molecule has 1 saturated heterocycles. The molecule has 0 radical (unpaired) electrons. The average molecular weight is 130 g/mol. The summed E-state index contributed by atoms with van der Waals surface area (Å²) in [6.07, 6.45) is -0.368. The van der Waals surface area contributed by atoms with Crippen LogP contribution in [0.15, 0.2) is 0 Å². The van der Waals surface area contributed by atoms with Gasteiger partial charge in [0.05, 0.1) is 11.7 Å². The predicted octanol–water partition coefficient (Wildman–Crippen LogP) is 0.935. The summed E-state index contributed by atoms with van der Waals surface area (Å²) in [7, 11) is 0. The number of epoxide rings is 1. The minimum absolute atomic E-state index is 0.124. The smallest absolute Gasteiger partial charge is 0.120 e. The maximum atomic E-state index is 9.16. The number of aliphatic hydroxyl groups is 1. The normalized spacial score (nSPS) is 42.3. The lowest BCUT2D eigenvalue weighted by molar-refractivity contribution is 0.100. The molecule has 0 saturated carbocycles. The van der Waals surface area contributed by atoms with Gasteiger partial charge in [0, 0.05) is 0 Å². The van der Waals surface area contributed by atoms with E-state index in [1.807, 2.05) is 20.8 Å². The minimum atomic E-state index is -0.368. The molecule has 0 aromatic rings. The van der Waals surface area contributed by atoms with Crippen molar-refractivity contribution in [2.24, 2.45) is 0 Å². The van der Waals surface area contributed by atoms with Gasteiger partial charge in [-0.2, -0.15) is 0 Å². The highest BCUT2D eigenvalue weighted by Gasteiger charge is 2.62. The van der Waals surface area contributed by atoms with Crippen molar-refractivity contribution >= 4 is 0 Å². The lowest BCUT2D eigenvalue weighted by atomic mass is 9.93. The van der Waals surface area contributed by atoms with Gasteiger partial charge in [0.1, 0.15) is 5.60 Å². The van der Waals surface area contributed by atoms with Gasteiger partial charge in [-0.15, -0.1) is 0 Å². The van der Waals surface area contributed by atoms with Crippen LogP contribution in [0.4, 0.5) is 0 Å². The Morgan fingerprint density at radius 3 is 1.67 bits per heavy atom. The Labute approximate surface area is 55.8 Å². The van der Waals surface area contributed by atoms with Crippen LogP contribution in [-0.4, -0.2) is 22.4 Å². The Morgan fingerprint density at radius 1 is 1.33 bits per heavy atom. The molecule has 2 atom stereocenters. The summed E-state index contributed by atoms with van der Waals surface area (Å²) in [5.41, 5.74) is -0.422. The molecule has 9 heavy (non-hydrogen) atoms. The molecule has 54 valence electrons. The third-order valence-corrected chi connectivity index (χ3v) is 2.42. The molecule has 0 bridgehead atoms. The standard InChI is InChI=1S/C7H14O2/c1-5(8)7(4)6(2,3)9-7/h5,8H,1-4H3. The number of aliphatic hydroxyl groups excluding tert-OH is 1. The van der Waals surface area contributed by atoms with Crippen molar-refractivity contribution in [3.63, 3.8) is 0 Å². The topological polar surface area (TPSA) is 32.8 Å². The van der Waals surface area contributed by atoms with Crippen LogP contribution in [0.2, 0.25) is 0 Å². The zero-order valence-corrected chi connectivity index (χ0v) is 6.43. The lowest BCUT2D eigenvalue weighted by Gasteiger charge is -2.10. The molecule has 0 aliphatic carbocycles. The third kappa shape index (κ3) is 0.775. The fourth-order valence-corrected chi connectivity index (χ4v) is 1.09. The van der Waals surface area contributed by atoms with Gasteiger partial charge in [0.15, 0.2) is 0 Å². The second-order valence-electron chi connectivity index (χ2n) is 3.40. The van der Waals surface area contributed by atoms with Gasteiger partial charge in [-0.1, -0.05) is 0 Å². The summed E-state index contributed by atoms with van der Waals surface area (Å²) in [5.74, 6) is 0. The summed E-state index contributed by atoms with van der Waals surface area (Å²) < 4.78 is 5.30. The van der Waals surface area contributed by atoms with E-state index in [4.69, 9.17) is 9.84 Å². The van der Waals surface area contributed by atoms with E-state index >= 15 is 0 Å². The van der Waals surface area contributed by atoms with Crippen molar-refractivity contribution in [3.8, 4) is 0 Å². The van der Waals surface area contributed by atoms with E-state index in [2.05, 4.69) is 0 Å². The van der Waals surface area contributed by atoms with Crippen LogP contribution >= 0.6 is 0 Å². The highest BCUT2D eigenvalue weighted by atomic mass is 16.6. The van der Waals surface area contributed by atoms with E-state index in [1.54, 1.807) is 6.92 Å². The van der Waals surface area contributed by atoms with Crippen molar-refractivity contribution in [3.05, 3.63) is 0 Å². The first-order valence-electron chi connectivity index (χ1n) is 3.28. The molecule has 1 N–H and O–H groups in total. The van der Waals surface area contributed by atoms with Gasteiger partial charge in [0.2, 0.25) is 0 Å². The molecular formula is C7H14O2. The molecule has 1 heterocycles. The maximum absolute atomic E-state index is 9.16. The van der Waals surface area contributed by atoms with E-state index < -0.39 is 0 Å². The summed E-state index contributed by atoms with van der Waals surface area (Å²) in [6.45, 7) is 7.66. The number of ether oxygens (including phenoxy) is 1. The van der Waals surface area contributed by atoms with Gasteiger partial charge < -0.3 is 9.84 Å². The Hall–Kier alpha value is -0.0800. The molecule has 1 aliphatic rings. The molecule has 1 fully saturated rings. The highest BCUT2D eigenvalue weighted by Crippen LogP contribution is 2.49. The van der Waals surface area contributed by atoms with E-state index in [-0.39, 0.29) is 17.3 Å². The van der Waals surface area contributed by atoms with Gasteiger partial charge in [-0.25, -0.2) is 0 Å². The molecule has 0 amide bonds. The monoisotopic (exact) mass is 130 g/mol. The van der Waals surface area contributed by atoms with E-state index in [1.165, 1.54) is 0 Å². The Morgan fingerprint density at radius 2 is 1.67 bits per heavy atom. The predicted molar refractivity (Wildman–Crippen MR) is 35.2 cm³/mol. The zero-order chi connectivity index (χ0) is 7.28. The Kier molecular flexibility index (Phi) is 1.17. The van der Waals surface area contributed by atoms with Crippen molar-refractivity contribution in [2.45, 2.75) is 45.0 Å². The van der Waals surface area contributed by atoms with Crippen molar-refractivity contribution in [2.75, 3.05) is 0 Å². The Bertz CT molecular complexity index is 129. The number of hydrogen-bond acceptors (Lipinski definition) is 2. The molecule has 2 unspecified atom stereocenters. The number of rotatable bonds is 1. The molecule has 0 aromatic carbocycles. The SMILES string of the molecule is CC(O)C1(C)OC1(C)C. The van der Waals surface area contributed by atoms with Gasteiger partial charge in [-0.05, 0) is 27.7 Å². The molecule has 0 aromatic heterocycles. The van der Waals surface area contributed by atoms with E-state index in [0.29, 0.717) is 0 Å². The molecule has 0 spiro atoms. The minimum Gasteiger partial charge on any atom is -0.390 e. The number of hydrogen-bond donors (Lipinski definition) is 1. The van der Waals surface area contributed by atoms with Crippen molar-refractivity contribution < 1.29 is 9.84 Å². The van der Waals surface area contributed by atoms with Gasteiger partial charge in [-0.3, -0.25) is 0 Å². The molecule has 2 nitrogen and oxygen atoms in total. The van der Waals surface area contributed by atoms with Gasteiger partial charge in [0.25, 0.3) is 0 Å². The second-order valence-corrected chi connectivity index (χ2v) is 3.40. The van der Waals surface area contributed by atoms with Crippen molar-refractivity contribution in [1.29, 1.82) is 0 Å². The van der Waals surface area contributed by atoms with E-state index in [0.717, 1.165) is 0 Å². The highest BCUT2D eigenvalue weighted by molar-refractivity contribution is 5.10. The fraction of sp³-hybridized carbons (Fsp3) is 1.00. The Balaban J connectivity index is 2.63. The second kappa shape index (κ2) is 1.50. The maximum Gasteiger partial charge on any atom is 0.120 e. The van der Waals surface area contributed by atoms with Crippen LogP contribution in [0.5, 0.6) is 0 Å². The largest absolute Gasteiger partial charge is 0.390 e. The fourth-order valence-electron chi connectivity index (χ4n) is 1.09. The first kappa shape index (κ1) is 7.03. The van der Waals surface area contributed by atoms with Crippen LogP contribution < -0.4 is 0 Å². The quantitative estimate of drug-likeness (QED) is 0.536. The summed E-state index contributed by atoms with van der Waals surface area (Å²) in [4.78, 5) is 0. The molecule has 1 rings (SSSR count). The van der Waals surface area contributed by atoms with Gasteiger partial charge >= 0.3 is 0 Å². The summed E-state index contributed by atoms with van der Waals surface area (Å²) in [5, 5.41) is 9.16. The molecular weight excluding hydrogens is 116 g/mol. The molecule has 1 aliphatic heterocycles. The summed E-state index contributed by atoms with van der Waals surface area (Å²) in [6, 6.07) is 0. The van der Waals surface area contributed by atoms with Crippen LogP contribution in [0, 0.1) is 0 Å². The summed E-state index contributed by atoms with van der Waals surface area (Å²) >= 11 is 0. The first-order chi connectivity index (χ1) is 3.90. The molecule has 2 heteroatoms. The average Bonchev–Trinajstić information content (AvgIpc) is 2.08. The zero-order valence-electron chi connectivity index (χ0n) is 6.43. The van der Waals surface area contributed by atoms with Crippen LogP contribution in [0.25, 0.3) is 0 Å². The lowest BCUT2D eigenvalue weighted by Crippen LogP contribution is -2.29. The first-order valence-corrected chi connectivity index (χ1v) is 3.28. The van der Waals surface area contributed by atoms with Crippen LogP contribution in [0.3, 0.4) is 0 Å².